The molecule has 1 aliphatic carbocycles. The molecule has 156 valence electrons. The number of aromatic nitrogens is 3. The van der Waals surface area contributed by atoms with Crippen LogP contribution in [0.1, 0.15) is 54.7 Å². The van der Waals surface area contributed by atoms with Crippen LogP contribution in [0.3, 0.4) is 0 Å². The van der Waals surface area contributed by atoms with Gasteiger partial charge in [0, 0.05) is 23.5 Å². The molecule has 8 heteroatoms. The van der Waals surface area contributed by atoms with E-state index in [9.17, 15) is 13.2 Å². The Balaban J connectivity index is 1.56. The maximum atomic E-state index is 12.7. The first-order valence-electron chi connectivity index (χ1n) is 10.0. The van der Waals surface area contributed by atoms with Crippen LogP contribution < -0.4 is 4.72 Å². The fourth-order valence-electron chi connectivity index (χ4n) is 3.82. The summed E-state index contributed by atoms with van der Waals surface area (Å²) in [5.41, 5.74) is 3.13. The molecule has 1 N–H and O–H groups in total. The van der Waals surface area contributed by atoms with Crippen molar-refractivity contribution in [3.8, 4) is 11.3 Å². The van der Waals surface area contributed by atoms with Crippen LogP contribution in [0.15, 0.2) is 59.8 Å². The van der Waals surface area contributed by atoms with E-state index in [-0.39, 0.29) is 17.2 Å². The summed E-state index contributed by atoms with van der Waals surface area (Å²) in [5, 5.41) is 4.73. The first-order chi connectivity index (χ1) is 14.4. The molecule has 0 bridgehead atoms. The number of rotatable bonds is 7. The standard InChI is InChI=1S/C22H24N4O3S/c1-16(27)17-6-8-21(9-7-17)30(28,29)24-15-19-14-22(18-10-12-23-13-11-18)26(25-19)20-4-2-3-5-20/h6-14,20,24H,2-5,15H2,1H3. The molecule has 1 aromatic carbocycles. The van der Waals surface area contributed by atoms with Gasteiger partial charge < -0.3 is 0 Å². The molecule has 4 rings (SSSR count). The van der Waals surface area contributed by atoms with E-state index in [1.807, 2.05) is 22.9 Å². The zero-order chi connectivity index (χ0) is 21.1. The third kappa shape index (κ3) is 4.34. The molecule has 0 radical (unpaired) electrons. The highest BCUT2D eigenvalue weighted by molar-refractivity contribution is 7.89. The number of hydrogen-bond acceptors (Lipinski definition) is 5. The molecule has 2 heterocycles. The molecule has 0 unspecified atom stereocenters. The van der Waals surface area contributed by atoms with Crippen molar-refractivity contribution in [1.82, 2.24) is 19.5 Å². The van der Waals surface area contributed by atoms with Gasteiger partial charge in [0.05, 0.1) is 28.9 Å². The van der Waals surface area contributed by atoms with Crippen molar-refractivity contribution < 1.29 is 13.2 Å². The second-order valence-corrected chi connectivity index (χ2v) is 9.31. The van der Waals surface area contributed by atoms with Crippen LogP contribution in [-0.2, 0) is 16.6 Å². The maximum absolute atomic E-state index is 12.7. The van der Waals surface area contributed by atoms with Gasteiger partial charge in [0.25, 0.3) is 0 Å². The summed E-state index contributed by atoms with van der Waals surface area (Å²) < 4.78 is 30.0. The van der Waals surface area contributed by atoms with Crippen LogP contribution in [-0.4, -0.2) is 29.0 Å². The Kier molecular flexibility index (Phi) is 5.78. The number of hydrogen-bond donors (Lipinski definition) is 1. The van der Waals surface area contributed by atoms with Crippen molar-refractivity contribution in [3.05, 3.63) is 66.1 Å². The predicted molar refractivity (Wildman–Crippen MR) is 113 cm³/mol. The number of ketones is 1. The highest BCUT2D eigenvalue weighted by Gasteiger charge is 2.23. The SMILES string of the molecule is CC(=O)c1ccc(S(=O)(=O)NCc2cc(-c3ccncc3)n(C3CCCC3)n2)cc1. The average molecular weight is 425 g/mol. The van der Waals surface area contributed by atoms with Gasteiger partial charge in [-0.15, -0.1) is 0 Å². The Morgan fingerprint density at radius 1 is 1.10 bits per heavy atom. The minimum Gasteiger partial charge on any atom is -0.295 e. The Morgan fingerprint density at radius 3 is 2.40 bits per heavy atom. The second-order valence-electron chi connectivity index (χ2n) is 7.54. The number of nitrogens with one attached hydrogen (secondary N) is 1. The lowest BCUT2D eigenvalue weighted by atomic mass is 10.1. The fourth-order valence-corrected chi connectivity index (χ4v) is 4.82. The Labute approximate surface area is 176 Å². The first kappa shape index (κ1) is 20.4. The second kappa shape index (κ2) is 8.49. The molecular formula is C22H24N4O3S. The lowest BCUT2D eigenvalue weighted by Crippen LogP contribution is -2.23. The highest BCUT2D eigenvalue weighted by Crippen LogP contribution is 2.33. The smallest absolute Gasteiger partial charge is 0.240 e. The molecule has 2 aromatic heterocycles. The maximum Gasteiger partial charge on any atom is 0.240 e. The van der Waals surface area contributed by atoms with Crippen molar-refractivity contribution in [3.63, 3.8) is 0 Å². The Bertz CT molecular complexity index is 1130. The van der Waals surface area contributed by atoms with Crippen LogP contribution >= 0.6 is 0 Å². The molecule has 0 atom stereocenters. The average Bonchev–Trinajstić information content (AvgIpc) is 3.43. The summed E-state index contributed by atoms with van der Waals surface area (Å²) in [4.78, 5) is 15.6. The zero-order valence-electron chi connectivity index (χ0n) is 16.8. The first-order valence-corrected chi connectivity index (χ1v) is 11.5. The molecule has 3 aromatic rings. The summed E-state index contributed by atoms with van der Waals surface area (Å²) in [7, 11) is -3.71. The highest BCUT2D eigenvalue weighted by atomic mass is 32.2. The minimum absolute atomic E-state index is 0.0919. The van der Waals surface area contributed by atoms with Gasteiger partial charge in [-0.2, -0.15) is 5.10 Å². The van der Waals surface area contributed by atoms with E-state index in [4.69, 9.17) is 5.10 Å². The van der Waals surface area contributed by atoms with Crippen LogP contribution in [0.25, 0.3) is 11.3 Å². The predicted octanol–water partition coefficient (Wildman–Crippen LogP) is 3.74. The van der Waals surface area contributed by atoms with Gasteiger partial charge in [0.15, 0.2) is 5.78 Å². The molecule has 0 saturated heterocycles. The molecular weight excluding hydrogens is 400 g/mol. The van der Waals surface area contributed by atoms with Crippen molar-refractivity contribution in [1.29, 1.82) is 0 Å². The summed E-state index contributed by atoms with van der Waals surface area (Å²) in [5.74, 6) is -0.104. The van der Waals surface area contributed by atoms with E-state index in [0.29, 0.717) is 17.3 Å². The van der Waals surface area contributed by atoms with Gasteiger partial charge in [0.1, 0.15) is 0 Å². The van der Waals surface area contributed by atoms with Gasteiger partial charge in [0.2, 0.25) is 10.0 Å². The van der Waals surface area contributed by atoms with Gasteiger partial charge in [-0.05, 0) is 50.1 Å². The third-order valence-corrected chi connectivity index (χ3v) is 6.86. The van der Waals surface area contributed by atoms with Crippen LogP contribution in [0.4, 0.5) is 0 Å². The largest absolute Gasteiger partial charge is 0.295 e. The van der Waals surface area contributed by atoms with Gasteiger partial charge >= 0.3 is 0 Å². The van der Waals surface area contributed by atoms with E-state index in [0.717, 1.165) is 24.1 Å². The van der Waals surface area contributed by atoms with Crippen LogP contribution in [0.2, 0.25) is 0 Å². The topological polar surface area (TPSA) is 94.0 Å². The van der Waals surface area contributed by atoms with E-state index >= 15 is 0 Å². The summed E-state index contributed by atoms with van der Waals surface area (Å²) in [6, 6.07) is 12.1. The summed E-state index contributed by atoms with van der Waals surface area (Å²) >= 11 is 0. The number of benzene rings is 1. The van der Waals surface area contributed by atoms with E-state index in [1.165, 1.54) is 44.0 Å². The third-order valence-electron chi connectivity index (χ3n) is 5.45. The molecule has 30 heavy (non-hydrogen) atoms. The van der Waals surface area contributed by atoms with Crippen LogP contribution in [0.5, 0.6) is 0 Å². The quantitative estimate of drug-likeness (QED) is 0.583. The van der Waals surface area contributed by atoms with Gasteiger partial charge in [-0.25, -0.2) is 13.1 Å². The number of carbonyl (C=O) groups is 1. The molecule has 1 fully saturated rings. The zero-order valence-corrected chi connectivity index (χ0v) is 17.6. The molecule has 7 nitrogen and oxygen atoms in total. The normalized spacial score (nSPS) is 14.8. The summed E-state index contributed by atoms with van der Waals surface area (Å²) in [6.45, 7) is 1.54. The Hall–Kier alpha value is -2.84. The minimum atomic E-state index is -3.71. The lowest BCUT2D eigenvalue weighted by Gasteiger charge is -2.14. The number of carbonyl (C=O) groups excluding carboxylic acids is 1. The van der Waals surface area contributed by atoms with Crippen molar-refractivity contribution in [2.75, 3.05) is 0 Å². The van der Waals surface area contributed by atoms with E-state index in [2.05, 4.69) is 9.71 Å². The number of sulfonamides is 1. The monoisotopic (exact) mass is 424 g/mol. The number of nitrogens with zero attached hydrogens (tertiary/aromatic N) is 3. The Morgan fingerprint density at radius 2 is 1.77 bits per heavy atom. The van der Waals surface area contributed by atoms with Crippen molar-refractivity contribution in [2.45, 2.75) is 50.1 Å². The van der Waals surface area contributed by atoms with Gasteiger partial charge in [-0.1, -0.05) is 25.0 Å². The molecule has 0 aliphatic heterocycles. The molecule has 0 spiro atoms. The molecule has 1 saturated carbocycles. The van der Waals surface area contributed by atoms with Crippen LogP contribution in [0, 0.1) is 0 Å². The van der Waals surface area contributed by atoms with E-state index < -0.39 is 10.0 Å². The van der Waals surface area contributed by atoms with Crippen molar-refractivity contribution >= 4 is 15.8 Å². The lowest BCUT2D eigenvalue weighted by molar-refractivity contribution is 0.101. The van der Waals surface area contributed by atoms with E-state index in [1.54, 1.807) is 12.4 Å². The number of Topliss-reactive ketones (excluding diaryl/α,β-unsaturated/α-hetero) is 1. The number of pyridine rings is 1. The molecule has 1 aliphatic rings. The summed E-state index contributed by atoms with van der Waals surface area (Å²) in [6.07, 6.45) is 8.00. The van der Waals surface area contributed by atoms with Crippen molar-refractivity contribution in [2.24, 2.45) is 0 Å². The molecule has 0 amide bonds. The van der Waals surface area contributed by atoms with Gasteiger partial charge in [-0.3, -0.25) is 14.5 Å². The fraction of sp³-hybridized carbons (Fsp3) is 0.318.